The number of aromatic nitrogens is 2. The van der Waals surface area contributed by atoms with E-state index in [9.17, 15) is 4.79 Å². The molecule has 1 aliphatic carbocycles. The van der Waals surface area contributed by atoms with Crippen molar-refractivity contribution in [1.82, 2.24) is 19.4 Å². The van der Waals surface area contributed by atoms with Crippen LogP contribution in [0.4, 0.5) is 4.79 Å². The lowest BCUT2D eigenvalue weighted by atomic mass is 9.96. The number of carbonyl (C=O) groups excluding carboxylic acids is 1. The van der Waals surface area contributed by atoms with Gasteiger partial charge in [-0.1, -0.05) is 0 Å². The zero-order valence-corrected chi connectivity index (χ0v) is 17.8. The maximum Gasteiger partial charge on any atom is 0.410 e. The molecule has 1 saturated carbocycles. The molecule has 156 valence electrons. The molecule has 3 fully saturated rings. The second-order valence-corrected chi connectivity index (χ2v) is 9.78. The Labute approximate surface area is 169 Å². The van der Waals surface area contributed by atoms with Gasteiger partial charge in [0.2, 0.25) is 0 Å². The van der Waals surface area contributed by atoms with Crippen LogP contribution in [0, 0.1) is 0 Å². The van der Waals surface area contributed by atoms with Gasteiger partial charge in [0, 0.05) is 44.2 Å². The van der Waals surface area contributed by atoms with Crippen molar-refractivity contribution < 1.29 is 9.53 Å². The Kier molecular flexibility index (Phi) is 5.68. The summed E-state index contributed by atoms with van der Waals surface area (Å²) >= 11 is 0. The minimum absolute atomic E-state index is 0.179. The van der Waals surface area contributed by atoms with Gasteiger partial charge in [0.15, 0.2) is 0 Å². The van der Waals surface area contributed by atoms with Gasteiger partial charge in [0.1, 0.15) is 11.4 Å². The molecular weight excluding hydrogens is 352 g/mol. The summed E-state index contributed by atoms with van der Waals surface area (Å²) in [5, 5.41) is 0. The highest BCUT2D eigenvalue weighted by molar-refractivity contribution is 5.68. The number of carbonyl (C=O) groups is 1. The highest BCUT2D eigenvalue weighted by Gasteiger charge is 2.32. The van der Waals surface area contributed by atoms with Gasteiger partial charge in [-0.3, -0.25) is 0 Å². The number of rotatable bonds is 5. The first-order chi connectivity index (χ1) is 13.4. The summed E-state index contributed by atoms with van der Waals surface area (Å²) in [5.41, 5.74) is 0.866. The first kappa shape index (κ1) is 19.7. The minimum Gasteiger partial charge on any atom is -0.444 e. The van der Waals surface area contributed by atoms with Gasteiger partial charge in [0.25, 0.3) is 0 Å². The Balaban J connectivity index is 1.38. The summed E-state index contributed by atoms with van der Waals surface area (Å²) in [6.07, 6.45) is 9.36. The Morgan fingerprint density at radius 3 is 2.32 bits per heavy atom. The maximum absolute atomic E-state index is 12.4. The van der Waals surface area contributed by atoms with Crippen molar-refractivity contribution in [2.45, 2.75) is 83.3 Å². The molecule has 2 saturated heterocycles. The van der Waals surface area contributed by atoms with Gasteiger partial charge < -0.3 is 19.1 Å². The van der Waals surface area contributed by atoms with Crippen LogP contribution in [0.3, 0.4) is 0 Å². The van der Waals surface area contributed by atoms with E-state index in [2.05, 4.69) is 15.7 Å². The quantitative estimate of drug-likeness (QED) is 0.766. The fraction of sp³-hybridized carbons (Fsp3) is 0.818. The van der Waals surface area contributed by atoms with Gasteiger partial charge in [-0.05, 0) is 72.4 Å². The van der Waals surface area contributed by atoms with Crippen LogP contribution in [0.1, 0.15) is 82.7 Å². The standard InChI is InChI=1S/C22H36N4O2/c1-22(2,3)28-21(27)25-12-8-18(9-13-25)20-23-19(17-6-7-17)16-26(20)15-14-24-10-4-5-11-24/h16-18H,4-15H2,1-3H3. The fourth-order valence-corrected chi connectivity index (χ4v) is 4.43. The summed E-state index contributed by atoms with van der Waals surface area (Å²) in [6, 6.07) is 0. The molecule has 1 amide bonds. The smallest absolute Gasteiger partial charge is 0.410 e. The molecule has 6 heteroatoms. The number of ether oxygens (including phenoxy) is 1. The molecule has 1 aromatic heterocycles. The Hall–Kier alpha value is -1.56. The van der Waals surface area contributed by atoms with Crippen LogP contribution in [0.15, 0.2) is 6.20 Å². The van der Waals surface area contributed by atoms with Crippen LogP contribution in [0.25, 0.3) is 0 Å². The normalized spacial score (nSPS) is 22.0. The molecule has 4 rings (SSSR count). The van der Waals surface area contributed by atoms with Crippen molar-refractivity contribution in [1.29, 1.82) is 0 Å². The molecule has 0 atom stereocenters. The van der Waals surface area contributed by atoms with Gasteiger partial charge in [-0.2, -0.15) is 0 Å². The van der Waals surface area contributed by atoms with Crippen molar-refractivity contribution in [3.05, 3.63) is 17.7 Å². The molecule has 3 aliphatic rings. The van der Waals surface area contributed by atoms with Crippen LogP contribution in [-0.4, -0.2) is 63.8 Å². The predicted octanol–water partition coefficient (Wildman–Crippen LogP) is 3.97. The summed E-state index contributed by atoms with van der Waals surface area (Å²) in [4.78, 5) is 21.9. The highest BCUT2D eigenvalue weighted by Crippen LogP contribution is 2.40. The largest absolute Gasteiger partial charge is 0.444 e. The lowest BCUT2D eigenvalue weighted by molar-refractivity contribution is 0.0202. The Morgan fingerprint density at radius 2 is 1.71 bits per heavy atom. The summed E-state index contributed by atoms with van der Waals surface area (Å²) < 4.78 is 7.97. The van der Waals surface area contributed by atoms with Gasteiger partial charge in [-0.25, -0.2) is 9.78 Å². The molecular formula is C22H36N4O2. The van der Waals surface area contributed by atoms with Gasteiger partial charge in [0.05, 0.1) is 5.69 Å². The first-order valence-electron chi connectivity index (χ1n) is 11.2. The van der Waals surface area contributed by atoms with Crippen LogP contribution >= 0.6 is 0 Å². The van der Waals surface area contributed by atoms with E-state index in [0.717, 1.165) is 39.0 Å². The lowest BCUT2D eigenvalue weighted by Crippen LogP contribution is -2.41. The second-order valence-electron chi connectivity index (χ2n) is 9.78. The number of imidazole rings is 1. The number of hydrogen-bond acceptors (Lipinski definition) is 4. The number of likely N-dealkylation sites (tertiary alicyclic amines) is 2. The third-order valence-corrected chi connectivity index (χ3v) is 6.19. The SMILES string of the molecule is CC(C)(C)OC(=O)N1CCC(c2nc(C3CC3)cn2CCN2CCCC2)CC1. The molecule has 1 aromatic rings. The molecule has 0 aromatic carbocycles. The zero-order chi connectivity index (χ0) is 19.7. The van der Waals surface area contributed by atoms with Crippen molar-refractivity contribution in [2.24, 2.45) is 0 Å². The number of piperidine rings is 1. The predicted molar refractivity (Wildman–Crippen MR) is 110 cm³/mol. The third kappa shape index (κ3) is 4.88. The number of amides is 1. The van der Waals surface area contributed by atoms with E-state index in [0.29, 0.717) is 11.8 Å². The molecule has 0 bridgehead atoms. The molecule has 0 N–H and O–H groups in total. The van der Waals surface area contributed by atoms with Crippen molar-refractivity contribution in [3.8, 4) is 0 Å². The van der Waals surface area contributed by atoms with Crippen LogP contribution in [0.5, 0.6) is 0 Å². The lowest BCUT2D eigenvalue weighted by Gasteiger charge is -2.33. The van der Waals surface area contributed by atoms with Crippen LogP contribution in [0.2, 0.25) is 0 Å². The van der Waals surface area contributed by atoms with Gasteiger partial charge >= 0.3 is 6.09 Å². The van der Waals surface area contributed by atoms with Crippen molar-refractivity contribution in [3.63, 3.8) is 0 Å². The fourth-order valence-electron chi connectivity index (χ4n) is 4.43. The third-order valence-electron chi connectivity index (χ3n) is 6.19. The average Bonchev–Trinajstić information content (AvgIpc) is 3.20. The molecule has 0 radical (unpaired) electrons. The first-order valence-corrected chi connectivity index (χ1v) is 11.2. The van der Waals surface area contributed by atoms with E-state index in [-0.39, 0.29) is 6.09 Å². The summed E-state index contributed by atoms with van der Waals surface area (Å²) in [7, 11) is 0. The summed E-state index contributed by atoms with van der Waals surface area (Å²) in [5.74, 6) is 2.39. The number of hydrogen-bond donors (Lipinski definition) is 0. The monoisotopic (exact) mass is 388 g/mol. The van der Waals surface area contributed by atoms with E-state index in [1.807, 2.05) is 25.7 Å². The second kappa shape index (κ2) is 8.05. The molecule has 6 nitrogen and oxygen atoms in total. The van der Waals surface area contributed by atoms with Crippen molar-refractivity contribution in [2.75, 3.05) is 32.7 Å². The van der Waals surface area contributed by atoms with Gasteiger partial charge in [-0.15, -0.1) is 0 Å². The van der Waals surface area contributed by atoms with E-state index in [4.69, 9.17) is 9.72 Å². The molecule has 2 aliphatic heterocycles. The summed E-state index contributed by atoms with van der Waals surface area (Å²) in [6.45, 7) is 12.0. The van der Waals surface area contributed by atoms with E-state index >= 15 is 0 Å². The zero-order valence-electron chi connectivity index (χ0n) is 17.8. The van der Waals surface area contributed by atoms with E-state index in [1.165, 1.54) is 50.3 Å². The molecule has 3 heterocycles. The van der Waals surface area contributed by atoms with E-state index in [1.54, 1.807) is 0 Å². The van der Waals surface area contributed by atoms with E-state index < -0.39 is 5.60 Å². The Morgan fingerprint density at radius 1 is 1.04 bits per heavy atom. The van der Waals surface area contributed by atoms with Crippen molar-refractivity contribution >= 4 is 6.09 Å². The highest BCUT2D eigenvalue weighted by atomic mass is 16.6. The maximum atomic E-state index is 12.4. The molecule has 0 unspecified atom stereocenters. The Bertz CT molecular complexity index is 675. The topological polar surface area (TPSA) is 50.6 Å². The molecule has 28 heavy (non-hydrogen) atoms. The molecule has 0 spiro atoms. The number of nitrogens with zero attached hydrogens (tertiary/aromatic N) is 4. The van der Waals surface area contributed by atoms with Crippen LogP contribution < -0.4 is 0 Å². The van der Waals surface area contributed by atoms with Crippen LogP contribution in [-0.2, 0) is 11.3 Å². The minimum atomic E-state index is -0.432. The average molecular weight is 389 g/mol.